The molecule has 0 fully saturated rings. The lowest BCUT2D eigenvalue weighted by molar-refractivity contribution is 1.18. The first kappa shape index (κ1) is 12.7. The Morgan fingerprint density at radius 2 is 1.55 bits per heavy atom. The molecule has 3 aromatic carbocycles. The van der Waals surface area contributed by atoms with Gasteiger partial charge in [-0.15, -0.1) is 0 Å². The molecule has 0 saturated heterocycles. The van der Waals surface area contributed by atoms with E-state index in [-0.39, 0.29) is 0 Å². The first-order chi connectivity index (χ1) is 10.8. The van der Waals surface area contributed by atoms with E-state index in [1.165, 1.54) is 21.8 Å². The molecule has 2 N–H and O–H groups in total. The van der Waals surface area contributed by atoms with Crippen LogP contribution in [0.4, 0.5) is 5.69 Å². The molecule has 106 valence electrons. The van der Waals surface area contributed by atoms with Crippen LogP contribution in [0.15, 0.2) is 73.3 Å². The number of para-hydroxylation sites is 1. The number of fused-ring (bicyclic) bond motifs is 3. The molecule has 1 aromatic heterocycles. The van der Waals surface area contributed by atoms with Crippen LogP contribution in [0.25, 0.3) is 33.6 Å². The standard InChI is InChI=1S/C20H16N2/c1-2-14-7-12-20-18(13-14)17-5-3-4-6-19(17)22(20)16-10-8-15(21)9-11-16/h2-13H,1,21H2. The molecule has 0 aliphatic heterocycles. The minimum absolute atomic E-state index is 0.776. The van der Waals surface area contributed by atoms with Crippen LogP contribution in [0.1, 0.15) is 5.56 Å². The number of hydrogen-bond acceptors (Lipinski definition) is 1. The third-order valence-electron chi connectivity index (χ3n) is 4.08. The lowest BCUT2D eigenvalue weighted by atomic mass is 10.1. The number of nitrogens with two attached hydrogens (primary N) is 1. The smallest absolute Gasteiger partial charge is 0.0541 e. The zero-order valence-corrected chi connectivity index (χ0v) is 12.2. The molecule has 0 radical (unpaired) electrons. The van der Waals surface area contributed by atoms with Gasteiger partial charge in [0.1, 0.15) is 0 Å². The van der Waals surface area contributed by atoms with Gasteiger partial charge in [0.25, 0.3) is 0 Å². The Hall–Kier alpha value is -3.00. The maximum Gasteiger partial charge on any atom is 0.0541 e. The van der Waals surface area contributed by atoms with Crippen LogP contribution >= 0.6 is 0 Å². The van der Waals surface area contributed by atoms with Crippen molar-refractivity contribution in [1.82, 2.24) is 4.57 Å². The summed E-state index contributed by atoms with van der Waals surface area (Å²) in [6.07, 6.45) is 1.88. The fraction of sp³-hybridized carbons (Fsp3) is 0. The molecule has 0 spiro atoms. The van der Waals surface area contributed by atoms with Crippen molar-refractivity contribution in [1.29, 1.82) is 0 Å². The van der Waals surface area contributed by atoms with E-state index in [0.717, 1.165) is 16.9 Å². The van der Waals surface area contributed by atoms with E-state index in [0.29, 0.717) is 0 Å². The summed E-state index contributed by atoms with van der Waals surface area (Å²) in [5.41, 5.74) is 11.2. The second-order valence-corrected chi connectivity index (χ2v) is 5.42. The van der Waals surface area contributed by atoms with E-state index in [2.05, 4.69) is 65.7 Å². The number of nitrogen functional groups attached to an aromatic ring is 1. The Balaban J connectivity index is 2.15. The number of aromatic nitrogens is 1. The van der Waals surface area contributed by atoms with Gasteiger partial charge in [0.2, 0.25) is 0 Å². The van der Waals surface area contributed by atoms with E-state index in [1.54, 1.807) is 0 Å². The van der Waals surface area contributed by atoms with Gasteiger partial charge in [0, 0.05) is 22.1 Å². The summed E-state index contributed by atoms with van der Waals surface area (Å²) in [6.45, 7) is 3.87. The summed E-state index contributed by atoms with van der Waals surface area (Å²) in [6, 6.07) is 22.9. The van der Waals surface area contributed by atoms with Crippen molar-refractivity contribution in [3.63, 3.8) is 0 Å². The zero-order valence-electron chi connectivity index (χ0n) is 12.2. The summed E-state index contributed by atoms with van der Waals surface area (Å²) in [5, 5.41) is 2.49. The Kier molecular flexibility index (Phi) is 2.76. The highest BCUT2D eigenvalue weighted by molar-refractivity contribution is 6.09. The van der Waals surface area contributed by atoms with Gasteiger partial charge in [-0.1, -0.05) is 36.9 Å². The third kappa shape index (κ3) is 1.81. The Labute approximate surface area is 129 Å². The number of rotatable bonds is 2. The summed E-state index contributed by atoms with van der Waals surface area (Å²) < 4.78 is 2.27. The lowest BCUT2D eigenvalue weighted by Crippen LogP contribution is -1.94. The van der Waals surface area contributed by atoms with E-state index in [9.17, 15) is 0 Å². The molecule has 0 aliphatic rings. The molecule has 0 aliphatic carbocycles. The fourth-order valence-electron chi connectivity index (χ4n) is 3.02. The average Bonchev–Trinajstić information content (AvgIpc) is 2.89. The quantitative estimate of drug-likeness (QED) is 0.515. The molecule has 0 unspecified atom stereocenters. The monoisotopic (exact) mass is 284 g/mol. The van der Waals surface area contributed by atoms with Gasteiger partial charge in [-0.05, 0) is 48.0 Å². The molecule has 0 bridgehead atoms. The van der Waals surface area contributed by atoms with Crippen molar-refractivity contribution in [3.05, 3.63) is 78.9 Å². The van der Waals surface area contributed by atoms with Crippen molar-refractivity contribution < 1.29 is 0 Å². The van der Waals surface area contributed by atoms with Crippen molar-refractivity contribution in [2.24, 2.45) is 0 Å². The van der Waals surface area contributed by atoms with Crippen LogP contribution in [0.2, 0.25) is 0 Å². The number of nitrogens with zero attached hydrogens (tertiary/aromatic N) is 1. The number of anilines is 1. The highest BCUT2D eigenvalue weighted by atomic mass is 15.0. The van der Waals surface area contributed by atoms with Crippen LogP contribution in [0.5, 0.6) is 0 Å². The average molecular weight is 284 g/mol. The van der Waals surface area contributed by atoms with Gasteiger partial charge >= 0.3 is 0 Å². The summed E-state index contributed by atoms with van der Waals surface area (Å²) in [5.74, 6) is 0. The molecule has 2 heteroatoms. The van der Waals surface area contributed by atoms with Crippen LogP contribution in [0, 0.1) is 0 Å². The largest absolute Gasteiger partial charge is 0.399 e. The summed E-state index contributed by atoms with van der Waals surface area (Å²) >= 11 is 0. The van der Waals surface area contributed by atoms with E-state index in [1.807, 2.05) is 18.2 Å². The topological polar surface area (TPSA) is 30.9 Å². The second kappa shape index (κ2) is 4.78. The van der Waals surface area contributed by atoms with Gasteiger partial charge in [0.05, 0.1) is 11.0 Å². The molecule has 0 atom stereocenters. The molecule has 1 heterocycles. The van der Waals surface area contributed by atoms with Crippen molar-refractivity contribution in [3.8, 4) is 5.69 Å². The number of benzene rings is 3. The zero-order chi connectivity index (χ0) is 15.1. The predicted octanol–water partition coefficient (Wildman–Crippen LogP) is 5.01. The van der Waals surface area contributed by atoms with Gasteiger partial charge < -0.3 is 10.3 Å². The first-order valence-electron chi connectivity index (χ1n) is 7.29. The van der Waals surface area contributed by atoms with E-state index in [4.69, 9.17) is 5.73 Å². The van der Waals surface area contributed by atoms with Crippen LogP contribution in [-0.4, -0.2) is 4.57 Å². The van der Waals surface area contributed by atoms with Crippen molar-refractivity contribution >= 4 is 33.6 Å². The molecular formula is C20H16N2. The van der Waals surface area contributed by atoms with Crippen LogP contribution < -0.4 is 5.73 Å². The van der Waals surface area contributed by atoms with Gasteiger partial charge in [-0.25, -0.2) is 0 Å². The Bertz CT molecular complexity index is 992. The number of hydrogen-bond donors (Lipinski definition) is 1. The van der Waals surface area contributed by atoms with Crippen molar-refractivity contribution in [2.45, 2.75) is 0 Å². The second-order valence-electron chi connectivity index (χ2n) is 5.42. The molecule has 4 rings (SSSR count). The SMILES string of the molecule is C=Cc1ccc2c(c1)c1ccccc1n2-c1ccc(N)cc1. The predicted molar refractivity (Wildman–Crippen MR) is 95.3 cm³/mol. The van der Waals surface area contributed by atoms with Crippen LogP contribution in [-0.2, 0) is 0 Å². The summed E-state index contributed by atoms with van der Waals surface area (Å²) in [4.78, 5) is 0. The first-order valence-corrected chi connectivity index (χ1v) is 7.29. The summed E-state index contributed by atoms with van der Waals surface area (Å²) in [7, 11) is 0. The molecule has 0 saturated carbocycles. The maximum absolute atomic E-state index is 5.82. The fourth-order valence-corrected chi connectivity index (χ4v) is 3.02. The van der Waals surface area contributed by atoms with E-state index >= 15 is 0 Å². The van der Waals surface area contributed by atoms with Gasteiger partial charge in [-0.2, -0.15) is 0 Å². The maximum atomic E-state index is 5.82. The normalized spacial score (nSPS) is 11.1. The Morgan fingerprint density at radius 3 is 2.32 bits per heavy atom. The molecule has 2 nitrogen and oxygen atoms in total. The van der Waals surface area contributed by atoms with Gasteiger partial charge in [-0.3, -0.25) is 0 Å². The highest BCUT2D eigenvalue weighted by Crippen LogP contribution is 2.32. The molecule has 0 amide bonds. The highest BCUT2D eigenvalue weighted by Gasteiger charge is 2.11. The Morgan fingerprint density at radius 1 is 0.818 bits per heavy atom. The van der Waals surface area contributed by atoms with Gasteiger partial charge in [0.15, 0.2) is 0 Å². The minimum atomic E-state index is 0.776. The molecule has 22 heavy (non-hydrogen) atoms. The molecule has 4 aromatic rings. The van der Waals surface area contributed by atoms with E-state index < -0.39 is 0 Å². The lowest BCUT2D eigenvalue weighted by Gasteiger charge is -2.08. The van der Waals surface area contributed by atoms with Crippen LogP contribution in [0.3, 0.4) is 0 Å². The third-order valence-corrected chi connectivity index (χ3v) is 4.08. The van der Waals surface area contributed by atoms with Crippen molar-refractivity contribution in [2.75, 3.05) is 5.73 Å². The molecular weight excluding hydrogens is 268 g/mol. The minimum Gasteiger partial charge on any atom is -0.399 e.